The Morgan fingerprint density at radius 1 is 1.26 bits per heavy atom. The molecule has 0 aliphatic heterocycles. The molecule has 5 heteroatoms. The maximum absolute atomic E-state index is 12.2. The number of anilines is 1. The number of hydrogen-bond donors (Lipinski definition) is 2. The summed E-state index contributed by atoms with van der Waals surface area (Å²) in [5.74, 6) is 1.46. The molecule has 0 radical (unpaired) electrons. The molecule has 1 fully saturated rings. The van der Waals surface area contributed by atoms with Gasteiger partial charge in [0, 0.05) is 36.5 Å². The third-order valence-corrected chi connectivity index (χ3v) is 4.14. The quantitative estimate of drug-likeness (QED) is 0.888. The maximum Gasteiger partial charge on any atom is 0.224 e. The molecule has 1 aromatic heterocycles. The fraction of sp³-hybridized carbons (Fsp3) is 0.333. The zero-order chi connectivity index (χ0) is 16.1. The van der Waals surface area contributed by atoms with Crippen molar-refractivity contribution >= 4 is 11.6 Å². The predicted molar refractivity (Wildman–Crippen MR) is 89.3 cm³/mol. The van der Waals surface area contributed by atoms with Gasteiger partial charge in [0.25, 0.3) is 0 Å². The first-order valence-corrected chi connectivity index (χ1v) is 7.95. The summed E-state index contributed by atoms with van der Waals surface area (Å²) in [4.78, 5) is 16.3. The first-order chi connectivity index (χ1) is 11.2. The second-order valence-corrected chi connectivity index (χ2v) is 5.91. The van der Waals surface area contributed by atoms with E-state index in [1.807, 2.05) is 30.3 Å². The van der Waals surface area contributed by atoms with Gasteiger partial charge in [-0.1, -0.05) is 18.6 Å². The van der Waals surface area contributed by atoms with Gasteiger partial charge in [-0.2, -0.15) is 0 Å². The minimum absolute atomic E-state index is 0.00216. The molecule has 0 bridgehead atoms. The van der Waals surface area contributed by atoms with Crippen molar-refractivity contribution in [1.82, 2.24) is 4.98 Å². The van der Waals surface area contributed by atoms with Crippen LogP contribution in [-0.2, 0) is 4.79 Å². The van der Waals surface area contributed by atoms with Crippen LogP contribution < -0.4 is 15.8 Å². The van der Waals surface area contributed by atoms with Crippen LogP contribution in [0.15, 0.2) is 48.7 Å². The van der Waals surface area contributed by atoms with Crippen molar-refractivity contribution < 1.29 is 9.53 Å². The topological polar surface area (TPSA) is 77.2 Å². The third-order valence-electron chi connectivity index (χ3n) is 4.14. The largest absolute Gasteiger partial charge is 0.439 e. The smallest absolute Gasteiger partial charge is 0.224 e. The Morgan fingerprint density at radius 2 is 2.17 bits per heavy atom. The van der Waals surface area contributed by atoms with Gasteiger partial charge in [-0.25, -0.2) is 4.98 Å². The minimum atomic E-state index is 0.00216. The van der Waals surface area contributed by atoms with Crippen molar-refractivity contribution in [1.29, 1.82) is 0 Å². The number of aromatic nitrogens is 1. The van der Waals surface area contributed by atoms with Crippen molar-refractivity contribution in [2.45, 2.75) is 31.7 Å². The molecule has 5 nitrogen and oxygen atoms in total. The van der Waals surface area contributed by atoms with Crippen molar-refractivity contribution in [2.75, 3.05) is 5.32 Å². The average molecular weight is 311 g/mol. The molecule has 23 heavy (non-hydrogen) atoms. The second-order valence-electron chi connectivity index (χ2n) is 5.91. The summed E-state index contributed by atoms with van der Waals surface area (Å²) in [6, 6.07) is 12.9. The fourth-order valence-corrected chi connectivity index (χ4v) is 2.93. The van der Waals surface area contributed by atoms with Gasteiger partial charge in [-0.05, 0) is 37.0 Å². The summed E-state index contributed by atoms with van der Waals surface area (Å²) >= 11 is 0. The lowest BCUT2D eigenvalue weighted by Crippen LogP contribution is -2.28. The molecular weight excluding hydrogens is 290 g/mol. The van der Waals surface area contributed by atoms with Crippen LogP contribution in [0.1, 0.15) is 25.7 Å². The van der Waals surface area contributed by atoms with Gasteiger partial charge in [0.1, 0.15) is 5.75 Å². The number of nitrogens with two attached hydrogens (primary N) is 1. The SMILES string of the molecule is N[C@@H]1CCC[C@H]1CC(=O)Nc1cccc(Oc2ccccn2)c1. The molecule has 1 aliphatic carbocycles. The number of ether oxygens (including phenoxy) is 1. The van der Waals surface area contributed by atoms with Gasteiger partial charge in [-0.3, -0.25) is 4.79 Å². The normalized spacial score (nSPS) is 20.2. The van der Waals surface area contributed by atoms with E-state index in [0.29, 0.717) is 24.0 Å². The molecular formula is C18H21N3O2. The Balaban J connectivity index is 1.60. The molecule has 1 aliphatic rings. The fourth-order valence-electron chi connectivity index (χ4n) is 2.93. The maximum atomic E-state index is 12.2. The lowest BCUT2D eigenvalue weighted by molar-refractivity contribution is -0.117. The number of pyridine rings is 1. The molecule has 0 saturated heterocycles. The Hall–Kier alpha value is -2.40. The van der Waals surface area contributed by atoms with Crippen LogP contribution in [0.2, 0.25) is 0 Å². The van der Waals surface area contributed by atoms with Crippen LogP contribution in [0.4, 0.5) is 5.69 Å². The van der Waals surface area contributed by atoms with Crippen LogP contribution in [0.25, 0.3) is 0 Å². The summed E-state index contributed by atoms with van der Waals surface area (Å²) in [7, 11) is 0. The summed E-state index contributed by atoms with van der Waals surface area (Å²) in [5.41, 5.74) is 6.74. The highest BCUT2D eigenvalue weighted by Crippen LogP contribution is 2.28. The van der Waals surface area contributed by atoms with Gasteiger partial charge >= 0.3 is 0 Å². The average Bonchev–Trinajstić information content (AvgIpc) is 2.93. The number of nitrogens with one attached hydrogen (secondary N) is 1. The molecule has 2 aromatic rings. The van der Waals surface area contributed by atoms with Crippen LogP contribution in [0.5, 0.6) is 11.6 Å². The van der Waals surface area contributed by atoms with Crippen molar-refractivity contribution in [3.05, 3.63) is 48.7 Å². The second kappa shape index (κ2) is 7.24. The van der Waals surface area contributed by atoms with Crippen LogP contribution in [0.3, 0.4) is 0 Å². The third kappa shape index (κ3) is 4.29. The molecule has 1 aromatic carbocycles. The zero-order valence-electron chi connectivity index (χ0n) is 12.9. The molecule has 1 heterocycles. The highest BCUT2D eigenvalue weighted by Gasteiger charge is 2.26. The molecule has 3 rings (SSSR count). The number of amides is 1. The first kappa shape index (κ1) is 15.5. The number of hydrogen-bond acceptors (Lipinski definition) is 4. The molecule has 120 valence electrons. The Bertz CT molecular complexity index is 660. The molecule has 2 atom stereocenters. The van der Waals surface area contributed by atoms with E-state index >= 15 is 0 Å². The number of carbonyl (C=O) groups is 1. The molecule has 1 amide bonds. The van der Waals surface area contributed by atoms with E-state index in [-0.39, 0.29) is 11.9 Å². The lowest BCUT2D eigenvalue weighted by Gasteiger charge is -2.15. The summed E-state index contributed by atoms with van der Waals surface area (Å²) in [6.07, 6.45) is 5.33. The number of rotatable bonds is 5. The predicted octanol–water partition coefficient (Wildman–Crippen LogP) is 3.33. The Morgan fingerprint density at radius 3 is 2.91 bits per heavy atom. The van der Waals surface area contributed by atoms with Gasteiger partial charge in [-0.15, -0.1) is 0 Å². The molecule has 1 saturated carbocycles. The molecule has 0 spiro atoms. The highest BCUT2D eigenvalue weighted by molar-refractivity contribution is 5.91. The van der Waals surface area contributed by atoms with Crippen LogP contribution in [-0.4, -0.2) is 16.9 Å². The van der Waals surface area contributed by atoms with Gasteiger partial charge in [0.05, 0.1) is 0 Å². The lowest BCUT2D eigenvalue weighted by atomic mass is 10.00. The van der Waals surface area contributed by atoms with E-state index in [0.717, 1.165) is 24.9 Å². The van der Waals surface area contributed by atoms with Gasteiger partial charge in [0.15, 0.2) is 0 Å². The van der Waals surface area contributed by atoms with Gasteiger partial charge in [0.2, 0.25) is 11.8 Å². The zero-order valence-corrected chi connectivity index (χ0v) is 12.9. The van der Waals surface area contributed by atoms with E-state index in [1.165, 1.54) is 0 Å². The Labute approximate surface area is 135 Å². The summed E-state index contributed by atoms with van der Waals surface area (Å²) in [5, 5.41) is 2.92. The van der Waals surface area contributed by atoms with E-state index < -0.39 is 0 Å². The number of nitrogens with zero attached hydrogens (tertiary/aromatic N) is 1. The van der Waals surface area contributed by atoms with Crippen molar-refractivity contribution in [3.8, 4) is 11.6 Å². The minimum Gasteiger partial charge on any atom is -0.439 e. The molecule has 0 unspecified atom stereocenters. The van der Waals surface area contributed by atoms with E-state index in [4.69, 9.17) is 10.5 Å². The van der Waals surface area contributed by atoms with Gasteiger partial charge < -0.3 is 15.8 Å². The monoisotopic (exact) mass is 311 g/mol. The number of benzene rings is 1. The van der Waals surface area contributed by atoms with Crippen LogP contribution >= 0.6 is 0 Å². The van der Waals surface area contributed by atoms with E-state index in [9.17, 15) is 4.79 Å². The van der Waals surface area contributed by atoms with E-state index in [1.54, 1.807) is 18.3 Å². The molecule has 3 N–H and O–H groups in total. The number of carbonyl (C=O) groups excluding carboxylic acids is 1. The van der Waals surface area contributed by atoms with E-state index in [2.05, 4.69) is 10.3 Å². The summed E-state index contributed by atoms with van der Waals surface area (Å²) < 4.78 is 5.67. The Kier molecular flexibility index (Phi) is 4.88. The summed E-state index contributed by atoms with van der Waals surface area (Å²) in [6.45, 7) is 0. The van der Waals surface area contributed by atoms with Crippen LogP contribution in [0, 0.1) is 5.92 Å². The highest BCUT2D eigenvalue weighted by atomic mass is 16.5. The first-order valence-electron chi connectivity index (χ1n) is 7.95. The van der Waals surface area contributed by atoms with Crippen molar-refractivity contribution in [2.24, 2.45) is 11.7 Å². The van der Waals surface area contributed by atoms with Crippen molar-refractivity contribution in [3.63, 3.8) is 0 Å². The standard InChI is InChI=1S/C18H21N3O2/c19-16-8-3-5-13(16)11-17(22)21-14-6-4-7-15(12-14)23-18-9-1-2-10-20-18/h1-2,4,6-7,9-10,12-13,16H,3,5,8,11,19H2,(H,21,22)/t13-,16+/m0/s1.